The molecule has 0 spiro atoms. The minimum absolute atomic E-state index is 0.0395. The fourth-order valence-electron chi connectivity index (χ4n) is 5.94. The maximum atomic E-state index is 12.6. The summed E-state index contributed by atoms with van der Waals surface area (Å²) in [6.07, 6.45) is 5.62. The highest BCUT2D eigenvalue weighted by Gasteiger charge is 2.30. The van der Waals surface area contributed by atoms with E-state index in [2.05, 4.69) is 104 Å². The number of alkyl halides is 3. The molecule has 4 aromatic carbocycles. The Morgan fingerprint density at radius 2 is 1.08 bits per heavy atom. The number of nitrogens with zero attached hydrogens (tertiary/aromatic N) is 1. The van der Waals surface area contributed by atoms with E-state index in [1.807, 2.05) is 99.3 Å². The number of hydrogen-bond donors (Lipinski definition) is 0. The van der Waals surface area contributed by atoms with Crippen LogP contribution in [0.15, 0.2) is 115 Å². The van der Waals surface area contributed by atoms with Crippen molar-refractivity contribution in [3.8, 4) is 0 Å². The smallest absolute Gasteiger partial charge is 0.378 e. The molecule has 4 nitrogen and oxygen atoms in total. The van der Waals surface area contributed by atoms with Gasteiger partial charge in [-0.15, -0.1) is 11.8 Å². The average molecular weight is 946 g/mol. The second-order valence-electron chi connectivity index (χ2n) is 20.7. The molecule has 1 heterocycles. The molecule has 1 aliphatic rings. The molecular weight excluding hydrogens is 868 g/mol. The number of halogens is 3. The van der Waals surface area contributed by atoms with Gasteiger partial charge in [0.15, 0.2) is 0 Å². The van der Waals surface area contributed by atoms with Crippen LogP contribution in [0.5, 0.6) is 0 Å². The number of ether oxygens (including phenoxy) is 1. The molecule has 0 aliphatic carbocycles. The lowest BCUT2D eigenvalue weighted by Crippen LogP contribution is -2.36. The molecule has 0 saturated carbocycles. The van der Waals surface area contributed by atoms with Crippen LogP contribution in [0.4, 0.5) is 18.9 Å². The zero-order valence-electron chi connectivity index (χ0n) is 42.1. The summed E-state index contributed by atoms with van der Waals surface area (Å²) < 4.78 is 43.6. The van der Waals surface area contributed by atoms with Gasteiger partial charge >= 0.3 is 6.18 Å². The number of Topliss-reactive ketones (excluding diaryl/α,β-unsaturated/α-hetero) is 2. The first-order valence-corrected chi connectivity index (χ1v) is 24.9. The second-order valence-corrected chi connectivity index (χ2v) is 24.5. The lowest BCUT2D eigenvalue weighted by Gasteiger charge is -2.28. The number of hydrogen-bond acceptors (Lipinski definition) is 6. The van der Waals surface area contributed by atoms with E-state index in [0.29, 0.717) is 47.7 Å². The molecule has 9 heteroatoms. The first kappa shape index (κ1) is 58.1. The zero-order valence-corrected chi connectivity index (χ0v) is 43.7. The van der Waals surface area contributed by atoms with Gasteiger partial charge in [0.2, 0.25) is 0 Å². The molecule has 66 heavy (non-hydrogen) atoms. The fourth-order valence-corrected chi connectivity index (χ4v) is 7.58. The van der Waals surface area contributed by atoms with Gasteiger partial charge in [-0.2, -0.15) is 24.9 Å². The van der Waals surface area contributed by atoms with Crippen molar-refractivity contribution in [1.82, 2.24) is 0 Å². The van der Waals surface area contributed by atoms with Crippen molar-refractivity contribution in [1.29, 1.82) is 0 Å². The first-order valence-electron chi connectivity index (χ1n) is 23.0. The second kappa shape index (κ2) is 27.7. The molecule has 1 fully saturated rings. The van der Waals surface area contributed by atoms with Gasteiger partial charge in [-0.05, 0) is 69.8 Å². The highest BCUT2D eigenvalue weighted by molar-refractivity contribution is 8.01. The summed E-state index contributed by atoms with van der Waals surface area (Å²) in [5.74, 6) is 2.18. The topological polar surface area (TPSA) is 46.6 Å². The molecule has 5 rings (SSSR count). The van der Waals surface area contributed by atoms with Crippen molar-refractivity contribution in [2.45, 2.75) is 125 Å². The van der Waals surface area contributed by atoms with Crippen molar-refractivity contribution in [3.63, 3.8) is 0 Å². The molecule has 0 bridgehead atoms. The molecule has 0 aromatic heterocycles. The van der Waals surface area contributed by atoms with Gasteiger partial charge in [0, 0.05) is 53.3 Å². The molecule has 1 saturated heterocycles. The predicted octanol–water partition coefficient (Wildman–Crippen LogP) is 15.7. The van der Waals surface area contributed by atoms with Crippen LogP contribution >= 0.6 is 23.5 Å². The van der Waals surface area contributed by atoms with Gasteiger partial charge in [0.1, 0.15) is 11.6 Å². The maximum absolute atomic E-state index is 12.6. The maximum Gasteiger partial charge on any atom is 0.416 e. The number of morpholine rings is 1. The van der Waals surface area contributed by atoms with Crippen molar-refractivity contribution in [2.24, 2.45) is 10.8 Å². The molecule has 0 amide bonds. The van der Waals surface area contributed by atoms with Crippen molar-refractivity contribution >= 4 is 52.9 Å². The number of ketones is 2. The fraction of sp³-hybridized carbons (Fsp3) is 0.474. The van der Waals surface area contributed by atoms with Gasteiger partial charge in [0.25, 0.3) is 0 Å². The van der Waals surface area contributed by atoms with Crippen LogP contribution in [0.2, 0.25) is 0 Å². The zero-order chi connectivity index (χ0) is 49.6. The molecule has 362 valence electrons. The number of allylic oxidation sites excluding steroid dienone is 2. The van der Waals surface area contributed by atoms with Crippen molar-refractivity contribution in [2.75, 3.05) is 42.7 Å². The highest BCUT2D eigenvalue weighted by atomic mass is 32.2. The third-order valence-corrected chi connectivity index (χ3v) is 11.9. The summed E-state index contributed by atoms with van der Waals surface area (Å²) in [6.45, 7) is 30.9. The normalized spacial score (nSPS) is 13.5. The van der Waals surface area contributed by atoms with Gasteiger partial charge < -0.3 is 9.64 Å². The number of carbonyl (C=O) groups excluding carboxylic acids is 2. The van der Waals surface area contributed by atoms with Crippen molar-refractivity contribution < 1.29 is 27.5 Å². The first-order chi connectivity index (χ1) is 30.6. The lowest BCUT2D eigenvalue weighted by molar-refractivity contribution is -0.137. The molecule has 0 N–H and O–H groups in total. The Hall–Kier alpha value is -4.05. The molecule has 0 radical (unpaired) electrons. The Labute approximate surface area is 405 Å². The van der Waals surface area contributed by atoms with Crippen LogP contribution in [0.25, 0.3) is 12.2 Å². The Bertz CT molecular complexity index is 2060. The van der Waals surface area contributed by atoms with E-state index in [9.17, 15) is 22.8 Å². The minimum atomic E-state index is -4.28. The van der Waals surface area contributed by atoms with E-state index in [-0.39, 0.29) is 20.3 Å². The van der Waals surface area contributed by atoms with Crippen LogP contribution in [0, 0.1) is 17.8 Å². The Morgan fingerprint density at radius 1 is 0.606 bits per heavy atom. The van der Waals surface area contributed by atoms with Gasteiger partial charge in [-0.1, -0.05) is 186 Å². The van der Waals surface area contributed by atoms with Gasteiger partial charge in [0.05, 0.1) is 24.5 Å². The number of rotatable bonds is 12. The SMILES string of the molecule is CC(C)(C)/C=C/c1ccc(N2CCOCC2)cc1.CC(C)(C)SCC(=O)Cc1ccccc1.CC(C)(C)SCCC(=O)Cc1ccccc1.Cc1cc(/C=C/C(C)(C)C)cc(C(F)(F)F)c1. The number of anilines is 1. The summed E-state index contributed by atoms with van der Waals surface area (Å²) in [4.78, 5) is 25.7. The van der Waals surface area contributed by atoms with Crippen LogP contribution in [-0.4, -0.2) is 58.9 Å². The van der Waals surface area contributed by atoms with Gasteiger partial charge in [-0.25, -0.2) is 0 Å². The van der Waals surface area contributed by atoms with Gasteiger partial charge in [-0.3, -0.25) is 9.59 Å². The largest absolute Gasteiger partial charge is 0.416 e. The number of carbonyl (C=O) groups is 2. The third-order valence-electron chi connectivity index (χ3n) is 9.32. The van der Waals surface area contributed by atoms with E-state index in [1.54, 1.807) is 30.8 Å². The van der Waals surface area contributed by atoms with E-state index in [0.717, 1.165) is 49.2 Å². The van der Waals surface area contributed by atoms with Crippen LogP contribution in [-0.2, 0) is 33.3 Å². The Balaban J connectivity index is 0.000000303. The van der Waals surface area contributed by atoms with Crippen LogP contribution < -0.4 is 4.90 Å². The van der Waals surface area contributed by atoms with E-state index < -0.39 is 11.7 Å². The monoisotopic (exact) mass is 946 g/mol. The Morgan fingerprint density at radius 3 is 1.53 bits per heavy atom. The lowest BCUT2D eigenvalue weighted by atomic mass is 9.94. The average Bonchev–Trinajstić information content (AvgIpc) is 3.22. The van der Waals surface area contributed by atoms with Crippen LogP contribution in [0.3, 0.4) is 0 Å². The standard InChI is InChI=1S/C16H23NO.C14H17F3.C14H20OS.C13H18OS/c1-16(2,3)9-8-14-4-6-15(7-5-14)17-10-12-18-13-11-17;1-10-7-11(5-6-13(2,3)4)9-12(8-10)14(15,16)17;1-14(2,3)16-10-9-13(15)11-12-7-5-4-6-8-12;1-13(2,3)15-10-12(14)9-11-7-5-4-6-8-11/h4-9H,10-13H2,1-3H3;5-9H,1-4H3;4-8H,9-11H2,1-3H3;4-8H,9-10H2,1-3H3/b9-8+;6-5+;;. The summed E-state index contributed by atoms with van der Waals surface area (Å²) in [7, 11) is 0. The molecule has 0 unspecified atom stereocenters. The quantitative estimate of drug-likeness (QED) is 0.141. The van der Waals surface area contributed by atoms with Crippen LogP contribution in [0.1, 0.15) is 123 Å². The summed E-state index contributed by atoms with van der Waals surface area (Å²) in [6, 6.07) is 32.7. The summed E-state index contributed by atoms with van der Waals surface area (Å²) in [5, 5.41) is 0. The highest BCUT2D eigenvalue weighted by Crippen LogP contribution is 2.31. The summed E-state index contributed by atoms with van der Waals surface area (Å²) >= 11 is 3.56. The van der Waals surface area contributed by atoms with E-state index >= 15 is 0 Å². The molecule has 1 aliphatic heterocycles. The van der Waals surface area contributed by atoms with E-state index in [1.165, 1.54) is 17.3 Å². The number of benzene rings is 4. The molecule has 0 atom stereocenters. The molecular formula is C57H78F3NO3S2. The number of aryl methyl sites for hydroxylation is 1. The van der Waals surface area contributed by atoms with E-state index in [4.69, 9.17) is 4.74 Å². The molecule has 4 aromatic rings. The third kappa shape index (κ3) is 28.9. The summed E-state index contributed by atoms with van der Waals surface area (Å²) in [5.41, 5.74) is 5.61. The Kier molecular flexibility index (Phi) is 24.4. The van der Waals surface area contributed by atoms with Crippen molar-refractivity contribution in [3.05, 3.63) is 149 Å². The minimum Gasteiger partial charge on any atom is -0.378 e. The predicted molar refractivity (Wildman–Crippen MR) is 282 cm³/mol. The number of thioether (sulfide) groups is 2.